The molecule has 31 heavy (non-hydrogen) atoms. The number of urea groups is 1. The second-order valence-corrected chi connectivity index (χ2v) is 7.60. The summed E-state index contributed by atoms with van der Waals surface area (Å²) in [5.74, 6) is -0.0882. The van der Waals surface area contributed by atoms with Gasteiger partial charge in [0, 0.05) is 5.56 Å². The molecule has 3 amide bonds. The average molecular weight is 415 g/mol. The van der Waals surface area contributed by atoms with E-state index in [1.54, 1.807) is 19.1 Å². The number of carbonyl (C=O) groups excluding carboxylic acids is 2. The molecule has 0 saturated carbocycles. The van der Waals surface area contributed by atoms with Crippen LogP contribution in [0.5, 0.6) is 0 Å². The predicted octanol–water partition coefficient (Wildman–Crippen LogP) is 4.60. The summed E-state index contributed by atoms with van der Waals surface area (Å²) >= 11 is 0. The lowest BCUT2D eigenvalue weighted by molar-refractivity contribution is -0.131. The van der Waals surface area contributed by atoms with Gasteiger partial charge in [0.25, 0.3) is 5.91 Å². The van der Waals surface area contributed by atoms with Crippen LogP contribution in [-0.4, -0.2) is 21.8 Å². The molecule has 1 aliphatic rings. The standard InChI is InChI=1S/C24H18FN3O3/c1-24(19-8-4-6-15-5-2-3-7-18(15)19)22(29)28(23(30)27-24)14-21-26-13-20(31-21)16-9-11-17(25)12-10-16/h2-13H,14H2,1H3,(H,27,30). The lowest BCUT2D eigenvalue weighted by Crippen LogP contribution is -2.41. The SMILES string of the molecule is CC1(c2cccc3ccccc23)NC(=O)N(Cc2ncc(-c3ccc(F)cc3)o2)C1=O. The zero-order valence-corrected chi connectivity index (χ0v) is 16.6. The van der Waals surface area contributed by atoms with E-state index in [1.165, 1.54) is 18.3 Å². The number of carbonyl (C=O) groups is 2. The summed E-state index contributed by atoms with van der Waals surface area (Å²) in [6.45, 7) is 1.60. The Morgan fingerprint density at radius 1 is 1.03 bits per heavy atom. The molecule has 0 radical (unpaired) electrons. The number of fused-ring (bicyclic) bond motifs is 1. The molecule has 1 aliphatic heterocycles. The molecule has 1 saturated heterocycles. The van der Waals surface area contributed by atoms with Crippen LogP contribution in [0.4, 0.5) is 9.18 Å². The van der Waals surface area contributed by atoms with Gasteiger partial charge < -0.3 is 9.73 Å². The zero-order valence-electron chi connectivity index (χ0n) is 16.6. The van der Waals surface area contributed by atoms with Gasteiger partial charge in [-0.05, 0) is 47.5 Å². The molecule has 1 fully saturated rings. The van der Waals surface area contributed by atoms with Crippen LogP contribution in [0.3, 0.4) is 0 Å². The molecule has 5 rings (SSSR count). The Labute approximate surface area is 177 Å². The largest absolute Gasteiger partial charge is 0.439 e. The number of nitrogens with one attached hydrogen (secondary N) is 1. The first-order chi connectivity index (χ1) is 15.0. The highest BCUT2D eigenvalue weighted by Gasteiger charge is 2.50. The van der Waals surface area contributed by atoms with Gasteiger partial charge in [0.2, 0.25) is 5.89 Å². The van der Waals surface area contributed by atoms with E-state index >= 15 is 0 Å². The van der Waals surface area contributed by atoms with Gasteiger partial charge >= 0.3 is 6.03 Å². The minimum atomic E-state index is -1.20. The molecule has 7 heteroatoms. The topological polar surface area (TPSA) is 75.4 Å². The first-order valence-electron chi connectivity index (χ1n) is 9.79. The second kappa shape index (κ2) is 7.05. The average Bonchev–Trinajstić information content (AvgIpc) is 3.33. The van der Waals surface area contributed by atoms with Gasteiger partial charge in [-0.2, -0.15) is 0 Å². The zero-order chi connectivity index (χ0) is 21.6. The summed E-state index contributed by atoms with van der Waals surface area (Å²) in [5, 5.41) is 4.72. The maximum atomic E-state index is 13.3. The number of hydrogen-bond acceptors (Lipinski definition) is 4. The number of imide groups is 1. The summed E-state index contributed by atoms with van der Waals surface area (Å²) in [6, 6.07) is 18.7. The summed E-state index contributed by atoms with van der Waals surface area (Å²) in [4.78, 5) is 31.3. The fourth-order valence-electron chi connectivity index (χ4n) is 3.95. The Morgan fingerprint density at radius 3 is 2.58 bits per heavy atom. The van der Waals surface area contributed by atoms with Crippen molar-refractivity contribution in [2.45, 2.75) is 19.0 Å². The summed E-state index contributed by atoms with van der Waals surface area (Å²) in [5.41, 5.74) is 0.174. The third kappa shape index (κ3) is 3.15. The third-order valence-corrected chi connectivity index (χ3v) is 5.58. The molecule has 6 nitrogen and oxygen atoms in total. The molecule has 3 aromatic carbocycles. The molecule has 1 N–H and O–H groups in total. The molecule has 0 aliphatic carbocycles. The monoisotopic (exact) mass is 415 g/mol. The van der Waals surface area contributed by atoms with Crippen molar-refractivity contribution in [1.82, 2.24) is 15.2 Å². The van der Waals surface area contributed by atoms with E-state index in [9.17, 15) is 14.0 Å². The van der Waals surface area contributed by atoms with Crippen LogP contribution in [0.2, 0.25) is 0 Å². The van der Waals surface area contributed by atoms with Crippen LogP contribution in [0.1, 0.15) is 18.4 Å². The number of halogens is 1. The van der Waals surface area contributed by atoms with Crippen molar-refractivity contribution < 1.29 is 18.4 Å². The quantitative estimate of drug-likeness (QED) is 0.494. The summed E-state index contributed by atoms with van der Waals surface area (Å²) in [7, 11) is 0. The van der Waals surface area contributed by atoms with Crippen molar-refractivity contribution in [3.63, 3.8) is 0 Å². The number of nitrogens with zero attached hydrogens (tertiary/aromatic N) is 2. The highest BCUT2D eigenvalue weighted by atomic mass is 19.1. The van der Waals surface area contributed by atoms with Gasteiger partial charge in [0.1, 0.15) is 17.9 Å². The normalized spacial score (nSPS) is 18.6. The van der Waals surface area contributed by atoms with Gasteiger partial charge in [-0.1, -0.05) is 42.5 Å². The Kier molecular flexibility index (Phi) is 4.32. The molecule has 1 unspecified atom stereocenters. The first-order valence-corrected chi connectivity index (χ1v) is 9.79. The molecule has 154 valence electrons. The molecular formula is C24H18FN3O3. The van der Waals surface area contributed by atoms with Crippen molar-refractivity contribution in [3.8, 4) is 11.3 Å². The molecule has 0 bridgehead atoms. The third-order valence-electron chi connectivity index (χ3n) is 5.58. The molecule has 1 atom stereocenters. The number of rotatable bonds is 4. The van der Waals surface area contributed by atoms with E-state index in [1.807, 2.05) is 42.5 Å². The van der Waals surface area contributed by atoms with Crippen molar-refractivity contribution in [2.24, 2.45) is 0 Å². The van der Waals surface area contributed by atoms with Gasteiger partial charge in [-0.15, -0.1) is 0 Å². The van der Waals surface area contributed by atoms with E-state index in [4.69, 9.17) is 4.42 Å². The van der Waals surface area contributed by atoms with Crippen LogP contribution >= 0.6 is 0 Å². The van der Waals surface area contributed by atoms with Gasteiger partial charge in [-0.25, -0.2) is 14.2 Å². The fraction of sp³-hybridized carbons (Fsp3) is 0.125. The van der Waals surface area contributed by atoms with E-state index in [-0.39, 0.29) is 24.2 Å². The maximum absolute atomic E-state index is 13.3. The Bertz CT molecular complexity index is 1310. The smallest absolute Gasteiger partial charge is 0.325 e. The van der Waals surface area contributed by atoms with E-state index in [0.29, 0.717) is 11.3 Å². The predicted molar refractivity (Wildman–Crippen MR) is 112 cm³/mol. The highest BCUT2D eigenvalue weighted by molar-refractivity contribution is 6.09. The first kappa shape index (κ1) is 19.0. The Morgan fingerprint density at radius 2 is 1.77 bits per heavy atom. The van der Waals surface area contributed by atoms with Crippen LogP contribution in [0.25, 0.3) is 22.1 Å². The number of amides is 3. The number of aromatic nitrogens is 1. The number of oxazole rings is 1. The van der Waals surface area contributed by atoms with Gasteiger partial charge in [-0.3, -0.25) is 9.69 Å². The molecule has 0 spiro atoms. The van der Waals surface area contributed by atoms with Crippen LogP contribution in [0.15, 0.2) is 77.3 Å². The number of benzene rings is 3. The molecule has 2 heterocycles. The fourth-order valence-corrected chi connectivity index (χ4v) is 3.95. The van der Waals surface area contributed by atoms with Crippen molar-refractivity contribution in [1.29, 1.82) is 0 Å². The highest BCUT2D eigenvalue weighted by Crippen LogP contribution is 2.34. The van der Waals surface area contributed by atoms with Gasteiger partial charge in [0.05, 0.1) is 6.20 Å². The van der Waals surface area contributed by atoms with Crippen molar-refractivity contribution in [2.75, 3.05) is 0 Å². The van der Waals surface area contributed by atoms with Crippen molar-refractivity contribution in [3.05, 3.63) is 90.2 Å². The van der Waals surface area contributed by atoms with Crippen LogP contribution in [-0.2, 0) is 16.9 Å². The van der Waals surface area contributed by atoms with E-state index in [0.717, 1.165) is 21.2 Å². The minimum absolute atomic E-state index is 0.105. The molecular weight excluding hydrogens is 397 g/mol. The van der Waals surface area contributed by atoms with E-state index < -0.39 is 11.6 Å². The summed E-state index contributed by atoms with van der Waals surface area (Å²) in [6.07, 6.45) is 1.49. The second-order valence-electron chi connectivity index (χ2n) is 7.60. The molecule has 4 aromatic rings. The minimum Gasteiger partial charge on any atom is -0.439 e. The van der Waals surface area contributed by atoms with Crippen LogP contribution in [0, 0.1) is 5.82 Å². The lowest BCUT2D eigenvalue weighted by atomic mass is 9.88. The maximum Gasteiger partial charge on any atom is 0.325 e. The Balaban J connectivity index is 1.44. The number of hydrogen-bond donors (Lipinski definition) is 1. The van der Waals surface area contributed by atoms with E-state index in [2.05, 4.69) is 10.3 Å². The lowest BCUT2D eigenvalue weighted by Gasteiger charge is -2.23. The summed E-state index contributed by atoms with van der Waals surface area (Å²) < 4.78 is 18.8. The molecule has 1 aromatic heterocycles. The Hall–Kier alpha value is -4.00. The van der Waals surface area contributed by atoms with Crippen molar-refractivity contribution >= 4 is 22.7 Å². The van der Waals surface area contributed by atoms with Crippen LogP contribution < -0.4 is 5.32 Å². The van der Waals surface area contributed by atoms with Gasteiger partial charge in [0.15, 0.2) is 5.76 Å².